The molecular weight excluding hydrogens is 202 g/mol. The highest BCUT2D eigenvalue weighted by Gasteiger charge is 2.18. The number of hydrogen-bond acceptors (Lipinski definition) is 5. The van der Waals surface area contributed by atoms with Gasteiger partial charge in [-0.25, -0.2) is 9.59 Å². The van der Waals surface area contributed by atoms with E-state index in [4.69, 9.17) is 4.74 Å². The van der Waals surface area contributed by atoms with Crippen LogP contribution in [0.5, 0.6) is 0 Å². The third-order valence-corrected chi connectivity index (χ3v) is 1.75. The van der Waals surface area contributed by atoms with Crippen molar-refractivity contribution >= 4 is 12.2 Å². The van der Waals surface area contributed by atoms with E-state index in [1.165, 1.54) is 11.0 Å². The standard InChI is InChI=1S/C9H13NO5/c1-2-5-13-8(11)10-3-6-14-9(12)15-7-4-10/h2H,1,3-7H2. The number of nitrogens with zero attached hydrogens (tertiary/aromatic N) is 1. The fourth-order valence-corrected chi connectivity index (χ4v) is 1.04. The SMILES string of the molecule is C=CCOC(=O)N1CCOC(=O)OCC1. The number of hydrogen-bond donors (Lipinski definition) is 0. The minimum absolute atomic E-state index is 0.113. The predicted octanol–water partition coefficient (Wildman–Crippen LogP) is 0.778. The molecular formula is C9H13NO5. The molecule has 0 N–H and O–H groups in total. The Labute approximate surface area is 87.4 Å². The van der Waals surface area contributed by atoms with Crippen molar-refractivity contribution in [3.05, 3.63) is 12.7 Å². The van der Waals surface area contributed by atoms with Crippen molar-refractivity contribution in [3.8, 4) is 0 Å². The maximum atomic E-state index is 11.4. The summed E-state index contributed by atoms with van der Waals surface area (Å²) in [5, 5.41) is 0. The Kier molecular flexibility index (Phi) is 4.46. The highest BCUT2D eigenvalue weighted by Crippen LogP contribution is 1.99. The second kappa shape index (κ2) is 5.90. The largest absolute Gasteiger partial charge is 0.508 e. The third kappa shape index (κ3) is 3.88. The summed E-state index contributed by atoms with van der Waals surface area (Å²) in [6.45, 7) is 4.44. The van der Waals surface area contributed by atoms with Crippen LogP contribution in [-0.4, -0.2) is 50.1 Å². The van der Waals surface area contributed by atoms with Crippen LogP contribution in [0.2, 0.25) is 0 Å². The van der Waals surface area contributed by atoms with Gasteiger partial charge in [-0.3, -0.25) is 0 Å². The Morgan fingerprint density at radius 2 is 2.07 bits per heavy atom. The van der Waals surface area contributed by atoms with Crippen LogP contribution < -0.4 is 0 Å². The fourth-order valence-electron chi connectivity index (χ4n) is 1.04. The topological polar surface area (TPSA) is 65.1 Å². The maximum absolute atomic E-state index is 11.4. The quantitative estimate of drug-likeness (QED) is 0.503. The predicted molar refractivity (Wildman–Crippen MR) is 50.4 cm³/mol. The Morgan fingerprint density at radius 1 is 1.47 bits per heavy atom. The fraction of sp³-hybridized carbons (Fsp3) is 0.556. The van der Waals surface area contributed by atoms with E-state index >= 15 is 0 Å². The molecule has 1 aliphatic rings. The van der Waals surface area contributed by atoms with Gasteiger partial charge in [-0.05, 0) is 0 Å². The van der Waals surface area contributed by atoms with Gasteiger partial charge >= 0.3 is 12.2 Å². The average molecular weight is 215 g/mol. The summed E-state index contributed by atoms with van der Waals surface area (Å²) < 4.78 is 14.1. The molecule has 1 fully saturated rings. The molecule has 1 rings (SSSR count). The Bertz CT molecular complexity index is 241. The lowest BCUT2D eigenvalue weighted by Gasteiger charge is -2.23. The van der Waals surface area contributed by atoms with Gasteiger partial charge in [-0.2, -0.15) is 0 Å². The average Bonchev–Trinajstić information content (AvgIpc) is 2.19. The summed E-state index contributed by atoms with van der Waals surface area (Å²) in [6.07, 6.45) is 0.323. The summed E-state index contributed by atoms with van der Waals surface area (Å²) in [6, 6.07) is 0. The molecule has 0 radical (unpaired) electrons. The molecule has 0 spiro atoms. The zero-order valence-electron chi connectivity index (χ0n) is 8.31. The molecule has 1 saturated heterocycles. The first kappa shape index (κ1) is 11.4. The van der Waals surface area contributed by atoms with Gasteiger partial charge in [0.2, 0.25) is 0 Å². The molecule has 1 aliphatic heterocycles. The Morgan fingerprint density at radius 3 is 2.60 bits per heavy atom. The molecule has 0 aromatic rings. The number of rotatable bonds is 2. The molecule has 15 heavy (non-hydrogen) atoms. The van der Waals surface area contributed by atoms with Gasteiger partial charge < -0.3 is 19.1 Å². The van der Waals surface area contributed by atoms with Crippen molar-refractivity contribution in [2.75, 3.05) is 32.9 Å². The smallest absolute Gasteiger partial charge is 0.445 e. The second-order valence-electron chi connectivity index (χ2n) is 2.80. The van der Waals surface area contributed by atoms with E-state index in [-0.39, 0.29) is 19.8 Å². The van der Waals surface area contributed by atoms with Gasteiger partial charge in [-0.1, -0.05) is 12.7 Å². The lowest BCUT2D eigenvalue weighted by atomic mass is 10.5. The van der Waals surface area contributed by atoms with Crippen molar-refractivity contribution in [1.29, 1.82) is 0 Å². The second-order valence-corrected chi connectivity index (χ2v) is 2.80. The van der Waals surface area contributed by atoms with Gasteiger partial charge in [0, 0.05) is 0 Å². The molecule has 6 nitrogen and oxygen atoms in total. The summed E-state index contributed by atoms with van der Waals surface area (Å²) in [7, 11) is 0. The number of ether oxygens (including phenoxy) is 3. The van der Waals surface area contributed by atoms with E-state index in [2.05, 4.69) is 16.1 Å². The molecule has 0 unspecified atom stereocenters. The highest BCUT2D eigenvalue weighted by atomic mass is 16.7. The zero-order chi connectivity index (χ0) is 11.1. The van der Waals surface area contributed by atoms with Gasteiger partial charge in [0.05, 0.1) is 13.1 Å². The van der Waals surface area contributed by atoms with Crippen molar-refractivity contribution < 1.29 is 23.8 Å². The van der Waals surface area contributed by atoms with E-state index in [1.807, 2.05) is 0 Å². The first-order valence-electron chi connectivity index (χ1n) is 4.56. The normalized spacial score (nSPS) is 16.8. The minimum atomic E-state index is -0.700. The number of amides is 1. The van der Waals surface area contributed by atoms with Crippen LogP contribution in [0.3, 0.4) is 0 Å². The molecule has 1 amide bonds. The first-order valence-corrected chi connectivity index (χ1v) is 4.56. The van der Waals surface area contributed by atoms with E-state index in [0.29, 0.717) is 13.1 Å². The molecule has 0 aromatic carbocycles. The van der Waals surface area contributed by atoms with Gasteiger partial charge in [0.15, 0.2) is 0 Å². The van der Waals surface area contributed by atoms with Gasteiger partial charge in [-0.15, -0.1) is 0 Å². The number of carbonyl (C=O) groups excluding carboxylic acids is 2. The molecule has 0 atom stereocenters. The molecule has 0 aromatic heterocycles. The zero-order valence-corrected chi connectivity index (χ0v) is 8.31. The third-order valence-electron chi connectivity index (χ3n) is 1.75. The maximum Gasteiger partial charge on any atom is 0.508 e. The van der Waals surface area contributed by atoms with Crippen molar-refractivity contribution in [2.45, 2.75) is 0 Å². The Hall–Kier alpha value is -1.72. The lowest BCUT2D eigenvalue weighted by molar-refractivity contribution is 0.0193. The van der Waals surface area contributed by atoms with Crippen LogP contribution in [0.1, 0.15) is 0 Å². The molecule has 84 valence electrons. The monoisotopic (exact) mass is 215 g/mol. The van der Waals surface area contributed by atoms with Crippen LogP contribution >= 0.6 is 0 Å². The lowest BCUT2D eigenvalue weighted by Crippen LogP contribution is -2.39. The molecule has 0 aliphatic carbocycles. The summed E-state index contributed by atoms with van der Waals surface area (Å²) >= 11 is 0. The number of cyclic esters (lactones) is 2. The van der Waals surface area contributed by atoms with E-state index in [1.54, 1.807) is 0 Å². The van der Waals surface area contributed by atoms with E-state index in [0.717, 1.165) is 0 Å². The summed E-state index contributed by atoms with van der Waals surface area (Å²) in [5.41, 5.74) is 0. The van der Waals surface area contributed by atoms with Crippen molar-refractivity contribution in [3.63, 3.8) is 0 Å². The van der Waals surface area contributed by atoms with E-state index < -0.39 is 12.2 Å². The molecule has 6 heteroatoms. The Balaban J connectivity index is 2.36. The summed E-state index contributed by atoms with van der Waals surface area (Å²) in [4.78, 5) is 23.5. The van der Waals surface area contributed by atoms with Gasteiger partial charge in [0.1, 0.15) is 19.8 Å². The van der Waals surface area contributed by atoms with Crippen LogP contribution in [0.4, 0.5) is 9.59 Å². The first-order chi connectivity index (χ1) is 7.24. The van der Waals surface area contributed by atoms with E-state index in [9.17, 15) is 9.59 Å². The number of carbonyl (C=O) groups is 2. The highest BCUT2D eigenvalue weighted by molar-refractivity contribution is 5.68. The minimum Gasteiger partial charge on any atom is -0.445 e. The van der Waals surface area contributed by atoms with Crippen LogP contribution in [0, 0.1) is 0 Å². The van der Waals surface area contributed by atoms with Crippen LogP contribution in [0.15, 0.2) is 12.7 Å². The van der Waals surface area contributed by atoms with Crippen LogP contribution in [0.25, 0.3) is 0 Å². The molecule has 1 heterocycles. The van der Waals surface area contributed by atoms with Crippen molar-refractivity contribution in [2.24, 2.45) is 0 Å². The summed E-state index contributed by atoms with van der Waals surface area (Å²) in [5.74, 6) is 0. The molecule has 0 bridgehead atoms. The molecule has 0 saturated carbocycles. The van der Waals surface area contributed by atoms with Gasteiger partial charge in [0.25, 0.3) is 0 Å². The van der Waals surface area contributed by atoms with Crippen LogP contribution in [-0.2, 0) is 14.2 Å². The van der Waals surface area contributed by atoms with Crippen molar-refractivity contribution in [1.82, 2.24) is 4.90 Å².